The second kappa shape index (κ2) is 18.7. The van der Waals surface area contributed by atoms with Crippen molar-refractivity contribution in [1.29, 1.82) is 0 Å². The number of urea groups is 1. The Labute approximate surface area is 230 Å². The van der Waals surface area contributed by atoms with E-state index in [1.165, 1.54) is 6.92 Å². The average Bonchev–Trinajstić information content (AvgIpc) is 3.43. The van der Waals surface area contributed by atoms with E-state index in [-0.39, 0.29) is 41.7 Å². The molecule has 0 radical (unpaired) electrons. The Balaban J connectivity index is 1.32. The second-order valence-corrected chi connectivity index (χ2v) is 11.3. The van der Waals surface area contributed by atoms with Crippen LogP contribution in [0.3, 0.4) is 0 Å². The Kier molecular flexibility index (Phi) is 15.6. The minimum Gasteiger partial charge on any atom is -0.356 e. The van der Waals surface area contributed by atoms with Crippen LogP contribution in [0.4, 0.5) is 4.79 Å². The van der Waals surface area contributed by atoms with Crippen LogP contribution < -0.4 is 31.9 Å². The van der Waals surface area contributed by atoms with E-state index in [0.29, 0.717) is 50.7 Å². The lowest BCUT2D eigenvalue weighted by molar-refractivity contribution is -0.122. The lowest BCUT2D eigenvalue weighted by Gasteiger charge is -2.16. The molecule has 2 heterocycles. The van der Waals surface area contributed by atoms with Gasteiger partial charge in [-0.2, -0.15) is 11.8 Å². The van der Waals surface area contributed by atoms with Crippen molar-refractivity contribution in [2.75, 3.05) is 31.9 Å². The van der Waals surface area contributed by atoms with E-state index in [4.69, 9.17) is 0 Å². The van der Waals surface area contributed by atoms with Gasteiger partial charge in [-0.3, -0.25) is 19.2 Å². The van der Waals surface area contributed by atoms with Crippen LogP contribution >= 0.6 is 11.8 Å². The van der Waals surface area contributed by atoms with Gasteiger partial charge in [-0.1, -0.05) is 19.3 Å². The summed E-state index contributed by atoms with van der Waals surface area (Å²) in [5.74, 6) is 0.955. The maximum atomic E-state index is 12.0. The van der Waals surface area contributed by atoms with E-state index >= 15 is 0 Å². The highest BCUT2D eigenvalue weighted by atomic mass is 32.2. The summed E-state index contributed by atoms with van der Waals surface area (Å²) in [4.78, 5) is 57.8. The van der Waals surface area contributed by atoms with Gasteiger partial charge in [0.25, 0.3) is 0 Å². The summed E-state index contributed by atoms with van der Waals surface area (Å²) < 4.78 is 0. The van der Waals surface area contributed by atoms with Gasteiger partial charge >= 0.3 is 6.03 Å². The Morgan fingerprint density at radius 3 is 1.82 bits per heavy atom. The first-order valence-electron chi connectivity index (χ1n) is 14.1. The molecule has 2 saturated heterocycles. The summed E-state index contributed by atoms with van der Waals surface area (Å²) in [6, 6.07) is 0.411. The van der Waals surface area contributed by atoms with Crippen LogP contribution in [0.15, 0.2) is 0 Å². The standard InChI is InChI=1S/C26H46N6O5S/c1-19(33)27-16-17-30-24(36)12-5-3-9-14-28-22(34)11-4-2-8-15-29-23(35)13-7-6-10-21-25-20(18-38-21)31-26(37)32-25/h20-21,25H,2-18H2,1H3,(H,27,33)(H,28,34)(H,29,35)(H,30,36)(H2,31,32,37)/t20-,21-,25-/m0/s1. The lowest BCUT2D eigenvalue weighted by Crippen LogP contribution is -2.36. The number of amides is 6. The van der Waals surface area contributed by atoms with Crippen LogP contribution in [-0.2, 0) is 19.2 Å². The first kappa shape index (κ1) is 31.7. The normalized spacial score (nSPS) is 19.7. The highest BCUT2D eigenvalue weighted by molar-refractivity contribution is 8.00. The van der Waals surface area contributed by atoms with Gasteiger partial charge in [-0.25, -0.2) is 4.79 Å². The van der Waals surface area contributed by atoms with E-state index in [0.717, 1.165) is 63.5 Å². The molecule has 38 heavy (non-hydrogen) atoms. The molecule has 6 N–H and O–H groups in total. The molecule has 0 aromatic rings. The van der Waals surface area contributed by atoms with Gasteiger partial charge in [0.2, 0.25) is 23.6 Å². The zero-order valence-electron chi connectivity index (χ0n) is 22.7. The highest BCUT2D eigenvalue weighted by Gasteiger charge is 2.42. The molecule has 12 heteroatoms. The zero-order chi connectivity index (χ0) is 27.6. The van der Waals surface area contributed by atoms with E-state index < -0.39 is 0 Å². The van der Waals surface area contributed by atoms with Crippen molar-refractivity contribution in [3.63, 3.8) is 0 Å². The van der Waals surface area contributed by atoms with Gasteiger partial charge in [0, 0.05) is 63.4 Å². The fraction of sp³-hybridized carbons (Fsp3) is 0.808. The van der Waals surface area contributed by atoms with Gasteiger partial charge in [0.05, 0.1) is 12.1 Å². The molecule has 2 aliphatic rings. The Bertz CT molecular complexity index is 783. The van der Waals surface area contributed by atoms with Crippen molar-refractivity contribution >= 4 is 41.4 Å². The molecule has 216 valence electrons. The quantitative estimate of drug-likeness (QED) is 0.0984. The minimum absolute atomic E-state index is 0.0219. The molecule has 0 spiro atoms. The molecule has 0 unspecified atom stereocenters. The number of hydrogen-bond donors (Lipinski definition) is 6. The molecule has 0 aliphatic carbocycles. The van der Waals surface area contributed by atoms with Crippen molar-refractivity contribution < 1.29 is 24.0 Å². The smallest absolute Gasteiger partial charge is 0.315 e. The summed E-state index contributed by atoms with van der Waals surface area (Å²) >= 11 is 1.90. The number of carbonyl (C=O) groups is 5. The molecule has 2 fully saturated rings. The van der Waals surface area contributed by atoms with Crippen molar-refractivity contribution in [2.45, 2.75) is 101 Å². The van der Waals surface area contributed by atoms with E-state index in [2.05, 4.69) is 31.9 Å². The van der Waals surface area contributed by atoms with E-state index in [9.17, 15) is 24.0 Å². The zero-order valence-corrected chi connectivity index (χ0v) is 23.5. The van der Waals surface area contributed by atoms with Gasteiger partial charge < -0.3 is 31.9 Å². The second-order valence-electron chi connectivity index (χ2n) is 10.0. The Hall–Kier alpha value is -2.50. The Morgan fingerprint density at radius 1 is 0.711 bits per heavy atom. The molecule has 11 nitrogen and oxygen atoms in total. The molecular formula is C26H46N6O5S. The number of unbranched alkanes of at least 4 members (excludes halogenated alkanes) is 5. The molecule has 0 bridgehead atoms. The van der Waals surface area contributed by atoms with Crippen molar-refractivity contribution in [3.05, 3.63) is 0 Å². The monoisotopic (exact) mass is 554 g/mol. The number of nitrogens with one attached hydrogen (secondary N) is 6. The summed E-state index contributed by atoms with van der Waals surface area (Å²) in [5.41, 5.74) is 0. The molecule has 0 aromatic heterocycles. The molecule has 0 saturated carbocycles. The summed E-state index contributed by atoms with van der Waals surface area (Å²) in [6.45, 7) is 3.57. The number of carbonyl (C=O) groups excluding carboxylic acids is 5. The third-order valence-corrected chi connectivity index (χ3v) is 8.22. The molecular weight excluding hydrogens is 508 g/mol. The van der Waals surface area contributed by atoms with E-state index in [1.807, 2.05) is 11.8 Å². The van der Waals surface area contributed by atoms with Crippen molar-refractivity contribution in [2.24, 2.45) is 0 Å². The highest BCUT2D eigenvalue weighted by Crippen LogP contribution is 2.33. The molecule has 2 aliphatic heterocycles. The number of thioether (sulfide) groups is 1. The van der Waals surface area contributed by atoms with Crippen molar-refractivity contribution in [3.8, 4) is 0 Å². The average molecular weight is 555 g/mol. The van der Waals surface area contributed by atoms with Crippen LogP contribution in [-0.4, -0.2) is 78.9 Å². The van der Waals surface area contributed by atoms with E-state index in [1.54, 1.807) is 0 Å². The maximum absolute atomic E-state index is 12.0. The van der Waals surface area contributed by atoms with Gasteiger partial charge in [-0.15, -0.1) is 0 Å². The van der Waals surface area contributed by atoms with Crippen LogP contribution in [0, 0.1) is 0 Å². The van der Waals surface area contributed by atoms with Crippen LogP contribution in [0.1, 0.15) is 84.0 Å². The third kappa shape index (κ3) is 13.9. The fourth-order valence-electron chi connectivity index (χ4n) is 4.61. The SMILES string of the molecule is CC(=O)NCCNC(=O)CCCCCNC(=O)CCCCCNC(=O)CCCC[C@@H]1SC[C@@H]2NC(=O)N[C@@H]21. The largest absolute Gasteiger partial charge is 0.356 e. The summed E-state index contributed by atoms with van der Waals surface area (Å²) in [5, 5.41) is 17.7. The first-order chi connectivity index (χ1) is 18.3. The predicted octanol–water partition coefficient (Wildman–Crippen LogP) is 1.32. The first-order valence-corrected chi connectivity index (χ1v) is 15.1. The molecule has 3 atom stereocenters. The van der Waals surface area contributed by atoms with Crippen LogP contribution in [0.25, 0.3) is 0 Å². The number of fused-ring (bicyclic) bond motifs is 1. The molecule has 6 amide bonds. The predicted molar refractivity (Wildman–Crippen MR) is 149 cm³/mol. The summed E-state index contributed by atoms with van der Waals surface area (Å²) in [6.07, 6.45) is 9.35. The minimum atomic E-state index is -0.110. The Morgan fingerprint density at radius 2 is 1.24 bits per heavy atom. The molecule has 0 aromatic carbocycles. The summed E-state index contributed by atoms with van der Waals surface area (Å²) in [7, 11) is 0. The fourth-order valence-corrected chi connectivity index (χ4v) is 6.15. The van der Waals surface area contributed by atoms with Crippen LogP contribution in [0.2, 0.25) is 0 Å². The topological polar surface area (TPSA) is 158 Å². The van der Waals surface area contributed by atoms with Gasteiger partial charge in [-0.05, 0) is 38.5 Å². The third-order valence-electron chi connectivity index (χ3n) is 6.71. The van der Waals surface area contributed by atoms with Gasteiger partial charge in [0.1, 0.15) is 0 Å². The molecule has 2 rings (SSSR count). The maximum Gasteiger partial charge on any atom is 0.315 e. The van der Waals surface area contributed by atoms with Crippen molar-refractivity contribution in [1.82, 2.24) is 31.9 Å². The number of hydrogen-bond acceptors (Lipinski definition) is 6. The van der Waals surface area contributed by atoms with Crippen LogP contribution in [0.5, 0.6) is 0 Å². The number of rotatable bonds is 20. The lowest BCUT2D eigenvalue weighted by atomic mass is 10.0. The van der Waals surface area contributed by atoms with Gasteiger partial charge in [0.15, 0.2) is 0 Å².